The number of nitrogens with zero attached hydrogens (tertiary/aromatic N) is 2. The highest BCUT2D eigenvalue weighted by Crippen LogP contribution is 2.24. The monoisotopic (exact) mass is 273 g/mol. The van der Waals surface area contributed by atoms with Gasteiger partial charge >= 0.3 is 0 Å². The van der Waals surface area contributed by atoms with E-state index in [2.05, 4.69) is 20.7 Å². The van der Waals surface area contributed by atoms with Crippen LogP contribution in [0.4, 0.5) is 17.3 Å². The highest BCUT2D eigenvalue weighted by molar-refractivity contribution is 5.64. The van der Waals surface area contributed by atoms with Crippen molar-refractivity contribution in [1.29, 1.82) is 0 Å². The summed E-state index contributed by atoms with van der Waals surface area (Å²) in [6.07, 6.45) is 0. The number of benzene rings is 1. The van der Waals surface area contributed by atoms with Crippen LogP contribution in [0, 0.1) is 13.8 Å². The first-order valence-corrected chi connectivity index (χ1v) is 6.45. The fourth-order valence-corrected chi connectivity index (χ4v) is 1.83. The molecule has 0 aliphatic carbocycles. The van der Waals surface area contributed by atoms with Crippen molar-refractivity contribution in [3.63, 3.8) is 0 Å². The molecule has 2 aromatic rings. The predicted octanol–water partition coefficient (Wildman–Crippen LogP) is 2.52. The molecule has 0 spiro atoms. The Labute approximate surface area is 118 Å². The van der Waals surface area contributed by atoms with Gasteiger partial charge in [-0.05, 0) is 45.0 Å². The number of rotatable bonds is 5. The second kappa shape index (κ2) is 6.21. The van der Waals surface area contributed by atoms with Gasteiger partial charge in [-0.1, -0.05) is 0 Å². The van der Waals surface area contributed by atoms with Crippen molar-refractivity contribution in [3.05, 3.63) is 35.7 Å². The van der Waals surface area contributed by atoms with E-state index in [1.807, 2.05) is 45.0 Å². The van der Waals surface area contributed by atoms with Crippen LogP contribution in [-0.2, 0) is 0 Å². The van der Waals surface area contributed by atoms with E-state index in [1.54, 1.807) is 0 Å². The number of hydrazine groups is 1. The number of anilines is 3. The number of ether oxygens (including phenoxy) is 1. The largest absolute Gasteiger partial charge is 0.494 e. The van der Waals surface area contributed by atoms with Crippen molar-refractivity contribution in [1.82, 2.24) is 9.97 Å². The Morgan fingerprint density at radius 3 is 2.35 bits per heavy atom. The second-order valence-corrected chi connectivity index (χ2v) is 4.32. The Balaban J connectivity index is 2.23. The van der Waals surface area contributed by atoms with E-state index in [0.29, 0.717) is 18.2 Å². The number of aryl methyl sites for hydroxylation is 1. The molecule has 2 rings (SSSR count). The molecule has 1 aromatic heterocycles. The fraction of sp³-hybridized carbons (Fsp3) is 0.286. The number of aromatic nitrogens is 2. The zero-order valence-electron chi connectivity index (χ0n) is 11.9. The maximum Gasteiger partial charge on any atom is 0.148 e. The van der Waals surface area contributed by atoms with Crippen LogP contribution in [0.15, 0.2) is 24.3 Å². The van der Waals surface area contributed by atoms with E-state index < -0.39 is 0 Å². The SMILES string of the molecule is CCOc1ccc(Nc2nc(C)nc(NN)c2C)cc1. The Bertz CT molecular complexity index is 583. The van der Waals surface area contributed by atoms with E-state index in [1.165, 1.54) is 0 Å². The van der Waals surface area contributed by atoms with Gasteiger partial charge in [-0.15, -0.1) is 0 Å². The average molecular weight is 273 g/mol. The lowest BCUT2D eigenvalue weighted by molar-refractivity contribution is 0.340. The molecule has 4 N–H and O–H groups in total. The first kappa shape index (κ1) is 14.1. The molecular weight excluding hydrogens is 254 g/mol. The summed E-state index contributed by atoms with van der Waals surface area (Å²) in [7, 11) is 0. The van der Waals surface area contributed by atoms with Gasteiger partial charge in [0, 0.05) is 11.3 Å². The first-order chi connectivity index (χ1) is 9.63. The fourth-order valence-electron chi connectivity index (χ4n) is 1.83. The lowest BCUT2D eigenvalue weighted by Gasteiger charge is -2.13. The molecule has 0 fully saturated rings. The molecule has 0 bridgehead atoms. The first-order valence-electron chi connectivity index (χ1n) is 6.45. The standard InChI is InChI=1S/C14H19N5O/c1-4-20-12-7-5-11(6-8-12)18-13-9(2)14(19-15)17-10(3)16-13/h5-8H,4,15H2,1-3H3,(H2,16,17,18,19). The lowest BCUT2D eigenvalue weighted by atomic mass is 10.2. The summed E-state index contributed by atoms with van der Waals surface area (Å²) in [6.45, 7) is 6.35. The van der Waals surface area contributed by atoms with Gasteiger partial charge in [0.2, 0.25) is 0 Å². The smallest absolute Gasteiger partial charge is 0.148 e. The molecule has 0 saturated heterocycles. The number of nitrogen functional groups attached to an aromatic ring is 1. The Morgan fingerprint density at radius 2 is 1.75 bits per heavy atom. The highest BCUT2D eigenvalue weighted by atomic mass is 16.5. The molecule has 6 heteroatoms. The lowest BCUT2D eigenvalue weighted by Crippen LogP contribution is -2.13. The summed E-state index contributed by atoms with van der Waals surface area (Å²) in [5, 5.41) is 3.25. The van der Waals surface area contributed by atoms with E-state index in [-0.39, 0.29) is 0 Å². The summed E-state index contributed by atoms with van der Waals surface area (Å²) in [4.78, 5) is 8.61. The van der Waals surface area contributed by atoms with Crippen LogP contribution in [0.3, 0.4) is 0 Å². The maximum atomic E-state index is 5.45. The van der Waals surface area contributed by atoms with Crippen molar-refractivity contribution in [2.45, 2.75) is 20.8 Å². The second-order valence-electron chi connectivity index (χ2n) is 4.32. The molecule has 0 unspecified atom stereocenters. The highest BCUT2D eigenvalue weighted by Gasteiger charge is 2.08. The van der Waals surface area contributed by atoms with Gasteiger partial charge in [-0.25, -0.2) is 15.8 Å². The third kappa shape index (κ3) is 3.16. The van der Waals surface area contributed by atoms with Crippen LogP contribution in [-0.4, -0.2) is 16.6 Å². The van der Waals surface area contributed by atoms with Crippen LogP contribution in [0.5, 0.6) is 5.75 Å². The van der Waals surface area contributed by atoms with Crippen molar-refractivity contribution in [2.24, 2.45) is 5.84 Å². The summed E-state index contributed by atoms with van der Waals surface area (Å²) in [6, 6.07) is 7.71. The Morgan fingerprint density at radius 1 is 1.10 bits per heavy atom. The number of nitrogens with one attached hydrogen (secondary N) is 2. The summed E-state index contributed by atoms with van der Waals surface area (Å²) in [5.74, 6) is 8.29. The molecule has 0 radical (unpaired) electrons. The maximum absolute atomic E-state index is 5.45. The molecule has 0 atom stereocenters. The Hall–Kier alpha value is -2.34. The van der Waals surface area contributed by atoms with Crippen LogP contribution in [0.1, 0.15) is 18.3 Å². The normalized spacial score (nSPS) is 10.2. The van der Waals surface area contributed by atoms with Crippen LogP contribution in [0.25, 0.3) is 0 Å². The van der Waals surface area contributed by atoms with Crippen molar-refractivity contribution in [3.8, 4) is 5.75 Å². The zero-order valence-corrected chi connectivity index (χ0v) is 11.9. The third-order valence-corrected chi connectivity index (χ3v) is 2.82. The summed E-state index contributed by atoms with van der Waals surface area (Å²) >= 11 is 0. The quantitative estimate of drug-likeness (QED) is 0.573. The van der Waals surface area contributed by atoms with Crippen molar-refractivity contribution < 1.29 is 4.74 Å². The minimum atomic E-state index is 0.617. The number of hydrogen-bond donors (Lipinski definition) is 3. The van der Waals surface area contributed by atoms with Crippen LogP contribution < -0.4 is 21.3 Å². The molecule has 0 amide bonds. The van der Waals surface area contributed by atoms with E-state index >= 15 is 0 Å². The molecule has 1 aromatic carbocycles. The zero-order chi connectivity index (χ0) is 14.5. The van der Waals surface area contributed by atoms with Crippen LogP contribution >= 0.6 is 0 Å². The molecule has 0 saturated carbocycles. The summed E-state index contributed by atoms with van der Waals surface area (Å²) < 4.78 is 5.41. The minimum Gasteiger partial charge on any atom is -0.494 e. The van der Waals surface area contributed by atoms with Crippen LogP contribution in [0.2, 0.25) is 0 Å². The van der Waals surface area contributed by atoms with Gasteiger partial charge < -0.3 is 15.5 Å². The molecule has 106 valence electrons. The predicted molar refractivity (Wildman–Crippen MR) is 80.2 cm³/mol. The molecule has 0 aliphatic heterocycles. The molecule has 6 nitrogen and oxygen atoms in total. The number of nitrogens with two attached hydrogens (primary N) is 1. The molecule has 20 heavy (non-hydrogen) atoms. The summed E-state index contributed by atoms with van der Waals surface area (Å²) in [5.41, 5.74) is 4.37. The molecular formula is C14H19N5O. The van der Waals surface area contributed by atoms with Gasteiger partial charge in [-0.3, -0.25) is 0 Å². The minimum absolute atomic E-state index is 0.617. The van der Waals surface area contributed by atoms with E-state index in [0.717, 1.165) is 22.8 Å². The van der Waals surface area contributed by atoms with Gasteiger partial charge in [-0.2, -0.15) is 0 Å². The third-order valence-electron chi connectivity index (χ3n) is 2.82. The van der Waals surface area contributed by atoms with Crippen molar-refractivity contribution >= 4 is 17.3 Å². The van der Waals surface area contributed by atoms with Gasteiger partial charge in [0.05, 0.1) is 6.61 Å². The number of hydrogen-bond acceptors (Lipinski definition) is 6. The van der Waals surface area contributed by atoms with Crippen molar-refractivity contribution in [2.75, 3.05) is 17.3 Å². The topological polar surface area (TPSA) is 85.1 Å². The van der Waals surface area contributed by atoms with E-state index in [4.69, 9.17) is 10.6 Å². The van der Waals surface area contributed by atoms with Gasteiger partial charge in [0.25, 0.3) is 0 Å². The van der Waals surface area contributed by atoms with Gasteiger partial charge in [0.1, 0.15) is 23.2 Å². The van der Waals surface area contributed by atoms with E-state index in [9.17, 15) is 0 Å². The van der Waals surface area contributed by atoms with Gasteiger partial charge in [0.15, 0.2) is 0 Å². The average Bonchev–Trinajstić information content (AvgIpc) is 2.45. The molecule has 0 aliphatic rings. The molecule has 1 heterocycles. The Kier molecular flexibility index (Phi) is 4.37.